The predicted octanol–water partition coefficient (Wildman–Crippen LogP) is 1.75. The van der Waals surface area contributed by atoms with Crippen molar-refractivity contribution >= 4 is 17.7 Å². The smallest absolute Gasteiger partial charge is 0.321 e. The average molecular weight is 297 g/mol. The molecule has 1 heterocycles. The Morgan fingerprint density at radius 2 is 2.15 bits per heavy atom. The van der Waals surface area contributed by atoms with Gasteiger partial charge in [0.05, 0.1) is 19.1 Å². The topological polar surface area (TPSA) is 67.8 Å². The molecule has 2 atom stereocenters. The first kappa shape index (κ1) is 15.0. The van der Waals surface area contributed by atoms with Crippen molar-refractivity contribution in [3.63, 3.8) is 0 Å². The number of carbonyl (C=O) groups is 1. The maximum atomic E-state index is 11.0. The first-order valence-electron chi connectivity index (χ1n) is 6.33. The van der Waals surface area contributed by atoms with Gasteiger partial charge in [-0.1, -0.05) is 6.07 Å². The van der Waals surface area contributed by atoms with Gasteiger partial charge in [-0.05, 0) is 31.0 Å². The van der Waals surface area contributed by atoms with E-state index in [4.69, 9.17) is 14.6 Å². The summed E-state index contributed by atoms with van der Waals surface area (Å²) in [7, 11) is 3.21. The summed E-state index contributed by atoms with van der Waals surface area (Å²) >= 11 is 1.64. The summed E-state index contributed by atoms with van der Waals surface area (Å²) in [5.41, 5.74) is 1.08. The van der Waals surface area contributed by atoms with E-state index in [0.717, 1.165) is 12.0 Å². The number of methoxy groups -OCH3 is 2. The second kappa shape index (κ2) is 5.93. The van der Waals surface area contributed by atoms with E-state index in [1.807, 2.05) is 25.1 Å². The number of aliphatic carboxylic acids is 1. The number of nitrogens with one attached hydrogen (secondary N) is 1. The van der Waals surface area contributed by atoms with E-state index >= 15 is 0 Å². The van der Waals surface area contributed by atoms with E-state index in [9.17, 15) is 4.79 Å². The van der Waals surface area contributed by atoms with Crippen molar-refractivity contribution in [1.29, 1.82) is 0 Å². The summed E-state index contributed by atoms with van der Waals surface area (Å²) in [6.07, 6.45) is 0.724. The molecule has 5 nitrogen and oxygen atoms in total. The Balaban J connectivity index is 2.12. The van der Waals surface area contributed by atoms with Crippen LogP contribution in [0.2, 0.25) is 0 Å². The minimum Gasteiger partial charge on any atom is -0.493 e. The normalized spacial score (nSPS) is 25.4. The highest BCUT2D eigenvalue weighted by Crippen LogP contribution is 2.35. The fourth-order valence-corrected chi connectivity index (χ4v) is 3.59. The number of hydrogen-bond acceptors (Lipinski definition) is 5. The van der Waals surface area contributed by atoms with Crippen molar-refractivity contribution in [2.75, 3.05) is 20.0 Å². The summed E-state index contributed by atoms with van der Waals surface area (Å²) in [6, 6.07) is 5.29. The molecule has 0 saturated carbocycles. The lowest BCUT2D eigenvalue weighted by Crippen LogP contribution is -2.44. The molecular formula is C14H19NO4S. The minimum absolute atomic E-state index is 0.275. The fraction of sp³-hybridized carbons (Fsp3) is 0.500. The zero-order chi connectivity index (χ0) is 14.8. The Morgan fingerprint density at radius 1 is 1.45 bits per heavy atom. The number of thioether (sulfide) groups is 1. The van der Waals surface area contributed by atoms with Gasteiger partial charge in [-0.15, -0.1) is 11.8 Å². The van der Waals surface area contributed by atoms with Gasteiger partial charge in [0.2, 0.25) is 0 Å². The molecule has 1 aromatic rings. The van der Waals surface area contributed by atoms with Crippen LogP contribution in [-0.2, 0) is 11.2 Å². The zero-order valence-electron chi connectivity index (χ0n) is 11.8. The number of hydrogen-bond donors (Lipinski definition) is 2. The van der Waals surface area contributed by atoms with Gasteiger partial charge in [-0.25, -0.2) is 0 Å². The first-order valence-corrected chi connectivity index (χ1v) is 7.31. The Bertz CT molecular complexity index is 508. The summed E-state index contributed by atoms with van der Waals surface area (Å²) in [4.78, 5) is 10.7. The molecule has 6 heteroatoms. The summed E-state index contributed by atoms with van der Waals surface area (Å²) in [5, 5.41) is 12.2. The third-order valence-electron chi connectivity index (χ3n) is 3.34. The molecule has 110 valence electrons. The molecule has 1 aromatic carbocycles. The molecule has 2 N–H and O–H groups in total. The SMILES string of the molecule is COc1ccc(CC2(C)N[C@@H](C(=O)O)CS2)cc1OC. The highest BCUT2D eigenvalue weighted by atomic mass is 32.2. The Hall–Kier alpha value is -1.40. The van der Waals surface area contributed by atoms with Crippen LogP contribution in [0.3, 0.4) is 0 Å². The molecule has 0 aliphatic carbocycles. The predicted molar refractivity (Wildman–Crippen MR) is 78.7 cm³/mol. The molecular weight excluding hydrogens is 278 g/mol. The van der Waals surface area contributed by atoms with Gasteiger partial charge in [-0.2, -0.15) is 0 Å². The lowest BCUT2D eigenvalue weighted by molar-refractivity contribution is -0.138. The van der Waals surface area contributed by atoms with E-state index in [1.54, 1.807) is 26.0 Å². The molecule has 1 unspecified atom stereocenters. The third kappa shape index (κ3) is 3.19. The molecule has 0 bridgehead atoms. The van der Waals surface area contributed by atoms with Gasteiger partial charge in [0.25, 0.3) is 0 Å². The second-order valence-corrected chi connectivity index (χ2v) is 6.47. The van der Waals surface area contributed by atoms with Gasteiger partial charge in [0.15, 0.2) is 11.5 Å². The van der Waals surface area contributed by atoms with Crippen molar-refractivity contribution in [3.05, 3.63) is 23.8 Å². The molecule has 0 aromatic heterocycles. The van der Waals surface area contributed by atoms with Crippen molar-refractivity contribution in [2.24, 2.45) is 0 Å². The largest absolute Gasteiger partial charge is 0.493 e. The monoisotopic (exact) mass is 297 g/mol. The van der Waals surface area contributed by atoms with Crippen LogP contribution >= 0.6 is 11.8 Å². The lowest BCUT2D eigenvalue weighted by Gasteiger charge is -2.24. The highest BCUT2D eigenvalue weighted by Gasteiger charge is 2.38. The maximum absolute atomic E-state index is 11.0. The van der Waals surface area contributed by atoms with E-state index in [2.05, 4.69) is 5.32 Å². The first-order chi connectivity index (χ1) is 9.47. The molecule has 1 fully saturated rings. The minimum atomic E-state index is -0.798. The standard InChI is InChI=1S/C14H19NO4S/c1-14(15-10(8-20-14)13(16)17)7-9-4-5-11(18-2)12(6-9)19-3/h4-6,10,15H,7-8H2,1-3H3,(H,16,17)/t10-,14?/m1/s1. The number of ether oxygens (including phenoxy) is 2. The van der Waals surface area contributed by atoms with E-state index in [1.165, 1.54) is 0 Å². The number of carboxylic acids is 1. The molecule has 1 aliphatic heterocycles. The van der Waals surface area contributed by atoms with E-state index in [0.29, 0.717) is 17.3 Å². The van der Waals surface area contributed by atoms with Crippen LogP contribution < -0.4 is 14.8 Å². The lowest BCUT2D eigenvalue weighted by atomic mass is 10.1. The quantitative estimate of drug-likeness (QED) is 0.863. The number of carboxylic acid groups (broad SMARTS) is 1. The Kier molecular flexibility index (Phi) is 4.45. The number of benzene rings is 1. The number of rotatable bonds is 5. The molecule has 1 aliphatic rings. The molecule has 20 heavy (non-hydrogen) atoms. The Morgan fingerprint density at radius 3 is 2.70 bits per heavy atom. The van der Waals surface area contributed by atoms with E-state index in [-0.39, 0.29) is 4.87 Å². The van der Waals surface area contributed by atoms with Crippen LogP contribution in [0.1, 0.15) is 12.5 Å². The van der Waals surface area contributed by atoms with Gasteiger partial charge in [0, 0.05) is 5.75 Å². The highest BCUT2D eigenvalue weighted by molar-refractivity contribution is 8.00. The van der Waals surface area contributed by atoms with Crippen molar-refractivity contribution in [2.45, 2.75) is 24.3 Å². The van der Waals surface area contributed by atoms with Gasteiger partial charge >= 0.3 is 5.97 Å². The van der Waals surface area contributed by atoms with Gasteiger partial charge < -0.3 is 14.6 Å². The second-order valence-electron chi connectivity index (χ2n) is 4.94. The van der Waals surface area contributed by atoms with Crippen LogP contribution in [0.5, 0.6) is 11.5 Å². The van der Waals surface area contributed by atoms with Crippen molar-refractivity contribution in [1.82, 2.24) is 5.32 Å². The molecule has 0 amide bonds. The van der Waals surface area contributed by atoms with Gasteiger partial charge in [-0.3, -0.25) is 10.1 Å². The van der Waals surface area contributed by atoms with E-state index < -0.39 is 12.0 Å². The summed E-state index contributed by atoms with van der Waals surface area (Å²) in [5.74, 6) is 1.16. The fourth-order valence-electron chi connectivity index (χ4n) is 2.33. The van der Waals surface area contributed by atoms with Crippen molar-refractivity contribution in [3.8, 4) is 11.5 Å². The molecule has 0 radical (unpaired) electrons. The zero-order valence-corrected chi connectivity index (χ0v) is 12.6. The molecule has 0 spiro atoms. The van der Waals surface area contributed by atoms with Crippen LogP contribution in [0, 0.1) is 0 Å². The Labute approximate surface area is 122 Å². The molecule has 2 rings (SSSR count). The maximum Gasteiger partial charge on any atom is 0.321 e. The summed E-state index contributed by atoms with van der Waals surface area (Å²) < 4.78 is 10.5. The average Bonchev–Trinajstić information content (AvgIpc) is 2.81. The van der Waals surface area contributed by atoms with Crippen LogP contribution in [0.4, 0.5) is 0 Å². The van der Waals surface area contributed by atoms with Crippen LogP contribution in [0.15, 0.2) is 18.2 Å². The molecule has 1 saturated heterocycles. The van der Waals surface area contributed by atoms with Gasteiger partial charge in [0.1, 0.15) is 6.04 Å². The van der Waals surface area contributed by atoms with Crippen molar-refractivity contribution < 1.29 is 19.4 Å². The summed E-state index contributed by atoms with van der Waals surface area (Å²) in [6.45, 7) is 2.03. The van der Waals surface area contributed by atoms with Crippen LogP contribution in [-0.4, -0.2) is 42.0 Å². The third-order valence-corrected chi connectivity index (χ3v) is 4.73. The van der Waals surface area contributed by atoms with Crippen LogP contribution in [0.25, 0.3) is 0 Å².